The molecule has 0 fully saturated rings. The molecule has 0 amide bonds. The van der Waals surface area contributed by atoms with Crippen LogP contribution in [0.3, 0.4) is 0 Å². The average molecular weight is 244 g/mol. The SMILES string of the molecule is Nc1nc2ccc3cc(F)cc(N)c3c2c(=O)[nH]1. The maximum absolute atomic E-state index is 13.3. The first-order valence-electron chi connectivity index (χ1n) is 5.23. The van der Waals surface area contributed by atoms with Gasteiger partial charge >= 0.3 is 0 Å². The summed E-state index contributed by atoms with van der Waals surface area (Å²) in [6.07, 6.45) is 0. The second kappa shape index (κ2) is 3.43. The summed E-state index contributed by atoms with van der Waals surface area (Å²) in [5.41, 5.74) is 11.5. The Balaban J connectivity index is 2.65. The van der Waals surface area contributed by atoms with Crippen LogP contribution in [0.25, 0.3) is 21.7 Å². The lowest BCUT2D eigenvalue weighted by Gasteiger charge is -2.06. The number of nitrogen functional groups attached to an aromatic ring is 2. The van der Waals surface area contributed by atoms with Gasteiger partial charge in [-0.05, 0) is 23.6 Å². The van der Waals surface area contributed by atoms with E-state index in [4.69, 9.17) is 11.5 Å². The van der Waals surface area contributed by atoms with Crippen molar-refractivity contribution in [3.8, 4) is 0 Å². The molecule has 0 radical (unpaired) electrons. The van der Waals surface area contributed by atoms with E-state index in [9.17, 15) is 9.18 Å². The van der Waals surface area contributed by atoms with Crippen molar-refractivity contribution < 1.29 is 4.39 Å². The Hall–Kier alpha value is -2.63. The fourth-order valence-electron chi connectivity index (χ4n) is 2.11. The van der Waals surface area contributed by atoms with Crippen LogP contribution in [0.4, 0.5) is 16.0 Å². The molecule has 0 aliphatic carbocycles. The predicted octanol–water partition coefficient (Wildman–Crippen LogP) is 1.38. The van der Waals surface area contributed by atoms with Crippen LogP contribution in [-0.2, 0) is 0 Å². The number of hydrogen-bond donors (Lipinski definition) is 3. The fourth-order valence-corrected chi connectivity index (χ4v) is 2.11. The van der Waals surface area contributed by atoms with E-state index >= 15 is 0 Å². The lowest BCUT2D eigenvalue weighted by molar-refractivity contribution is 0.630. The summed E-state index contributed by atoms with van der Waals surface area (Å²) in [4.78, 5) is 18.4. The number of benzene rings is 2. The molecule has 0 saturated heterocycles. The van der Waals surface area contributed by atoms with Crippen LogP contribution in [0, 0.1) is 5.82 Å². The Morgan fingerprint density at radius 1 is 1.17 bits per heavy atom. The second-order valence-electron chi connectivity index (χ2n) is 4.00. The highest BCUT2D eigenvalue weighted by Crippen LogP contribution is 2.28. The largest absolute Gasteiger partial charge is 0.398 e. The molecule has 6 heteroatoms. The molecule has 90 valence electrons. The molecule has 0 unspecified atom stereocenters. The molecule has 0 atom stereocenters. The van der Waals surface area contributed by atoms with Crippen molar-refractivity contribution in [1.29, 1.82) is 0 Å². The zero-order valence-electron chi connectivity index (χ0n) is 9.20. The highest BCUT2D eigenvalue weighted by atomic mass is 19.1. The Morgan fingerprint density at radius 3 is 2.72 bits per heavy atom. The predicted molar refractivity (Wildman–Crippen MR) is 68.7 cm³/mol. The van der Waals surface area contributed by atoms with E-state index in [0.717, 1.165) is 0 Å². The number of anilines is 2. The minimum absolute atomic E-state index is 0.0348. The van der Waals surface area contributed by atoms with E-state index in [1.54, 1.807) is 12.1 Å². The molecule has 5 nitrogen and oxygen atoms in total. The minimum Gasteiger partial charge on any atom is -0.398 e. The third-order valence-electron chi connectivity index (χ3n) is 2.80. The summed E-state index contributed by atoms with van der Waals surface area (Å²) in [5, 5.41) is 1.36. The van der Waals surface area contributed by atoms with Crippen molar-refractivity contribution in [1.82, 2.24) is 9.97 Å². The van der Waals surface area contributed by atoms with Crippen LogP contribution in [0.1, 0.15) is 0 Å². The maximum Gasteiger partial charge on any atom is 0.260 e. The zero-order valence-corrected chi connectivity index (χ0v) is 9.20. The molecule has 0 aliphatic heterocycles. The lowest BCUT2D eigenvalue weighted by atomic mass is 10.0. The van der Waals surface area contributed by atoms with Gasteiger partial charge in [-0.1, -0.05) is 6.07 Å². The van der Waals surface area contributed by atoms with Crippen LogP contribution in [0.2, 0.25) is 0 Å². The summed E-state index contributed by atoms with van der Waals surface area (Å²) >= 11 is 0. The average Bonchev–Trinajstić information content (AvgIpc) is 2.28. The summed E-state index contributed by atoms with van der Waals surface area (Å²) < 4.78 is 13.3. The lowest BCUT2D eigenvalue weighted by Crippen LogP contribution is -2.12. The monoisotopic (exact) mass is 244 g/mol. The van der Waals surface area contributed by atoms with E-state index < -0.39 is 5.82 Å². The molecule has 18 heavy (non-hydrogen) atoms. The molecule has 1 heterocycles. The number of aromatic nitrogens is 2. The number of rotatable bonds is 0. The van der Waals surface area contributed by atoms with Gasteiger partial charge in [-0.25, -0.2) is 9.37 Å². The van der Waals surface area contributed by atoms with Gasteiger partial charge in [0, 0.05) is 11.1 Å². The van der Waals surface area contributed by atoms with Crippen LogP contribution in [0.5, 0.6) is 0 Å². The Kier molecular flexibility index (Phi) is 2.00. The van der Waals surface area contributed by atoms with Crippen LogP contribution in [-0.4, -0.2) is 9.97 Å². The van der Waals surface area contributed by atoms with E-state index in [1.807, 2.05) is 0 Å². The number of aromatic amines is 1. The van der Waals surface area contributed by atoms with Gasteiger partial charge in [0.1, 0.15) is 5.82 Å². The van der Waals surface area contributed by atoms with Gasteiger partial charge in [0.15, 0.2) is 0 Å². The van der Waals surface area contributed by atoms with Crippen LogP contribution in [0.15, 0.2) is 29.1 Å². The quantitative estimate of drug-likeness (QED) is 0.411. The molecule has 2 aromatic carbocycles. The van der Waals surface area contributed by atoms with Crippen molar-refractivity contribution in [3.63, 3.8) is 0 Å². The first kappa shape index (κ1) is 10.5. The van der Waals surface area contributed by atoms with Crippen molar-refractivity contribution in [2.45, 2.75) is 0 Å². The second-order valence-corrected chi connectivity index (χ2v) is 4.00. The number of H-pyrrole nitrogens is 1. The molecule has 0 saturated carbocycles. The van der Waals surface area contributed by atoms with Crippen molar-refractivity contribution >= 4 is 33.3 Å². The molecular weight excluding hydrogens is 235 g/mol. The highest BCUT2D eigenvalue weighted by molar-refractivity contribution is 6.11. The van der Waals surface area contributed by atoms with E-state index in [1.165, 1.54) is 12.1 Å². The minimum atomic E-state index is -0.445. The number of halogens is 1. The molecule has 3 rings (SSSR count). The van der Waals surface area contributed by atoms with Gasteiger partial charge in [0.25, 0.3) is 5.56 Å². The van der Waals surface area contributed by atoms with E-state index in [2.05, 4.69) is 9.97 Å². The van der Waals surface area contributed by atoms with E-state index in [0.29, 0.717) is 21.7 Å². The Morgan fingerprint density at radius 2 is 1.94 bits per heavy atom. The molecule has 0 spiro atoms. The number of nitrogens with zero attached hydrogens (tertiary/aromatic N) is 1. The van der Waals surface area contributed by atoms with Crippen LogP contribution < -0.4 is 17.0 Å². The standard InChI is InChI=1S/C12H9FN4O/c13-6-3-5-1-2-8-10(9(5)7(14)4-6)11(18)17-12(15)16-8/h1-4H,14H2,(H3,15,16,17,18). The third-order valence-corrected chi connectivity index (χ3v) is 2.80. The first-order valence-corrected chi connectivity index (χ1v) is 5.23. The van der Waals surface area contributed by atoms with Crippen LogP contribution >= 0.6 is 0 Å². The fraction of sp³-hybridized carbons (Fsp3) is 0. The first-order chi connectivity index (χ1) is 8.56. The molecule has 3 aromatic rings. The molecule has 0 aliphatic rings. The topological polar surface area (TPSA) is 97.8 Å². The van der Waals surface area contributed by atoms with Crippen molar-refractivity contribution in [2.75, 3.05) is 11.5 Å². The van der Waals surface area contributed by atoms with Crippen molar-refractivity contribution in [2.24, 2.45) is 0 Å². The van der Waals surface area contributed by atoms with Crippen molar-refractivity contribution in [3.05, 3.63) is 40.4 Å². The van der Waals surface area contributed by atoms with Gasteiger partial charge in [-0.15, -0.1) is 0 Å². The maximum atomic E-state index is 13.3. The highest BCUT2D eigenvalue weighted by Gasteiger charge is 2.10. The summed E-state index contributed by atoms with van der Waals surface area (Å²) in [6.45, 7) is 0. The normalized spacial score (nSPS) is 11.2. The molecule has 5 N–H and O–H groups in total. The number of nitrogens with two attached hydrogens (primary N) is 2. The Labute approximate surface area is 100 Å². The van der Waals surface area contributed by atoms with Gasteiger partial charge in [0.05, 0.1) is 10.9 Å². The number of hydrogen-bond acceptors (Lipinski definition) is 4. The summed E-state index contributed by atoms with van der Waals surface area (Å²) in [6, 6.07) is 5.77. The number of fused-ring (bicyclic) bond motifs is 3. The zero-order chi connectivity index (χ0) is 12.9. The van der Waals surface area contributed by atoms with Gasteiger partial charge in [-0.3, -0.25) is 9.78 Å². The third kappa shape index (κ3) is 1.39. The van der Waals surface area contributed by atoms with E-state index in [-0.39, 0.29) is 17.2 Å². The molecule has 0 bridgehead atoms. The van der Waals surface area contributed by atoms with Gasteiger partial charge < -0.3 is 11.5 Å². The smallest absolute Gasteiger partial charge is 0.260 e. The number of nitrogens with one attached hydrogen (secondary N) is 1. The summed E-state index contributed by atoms with van der Waals surface area (Å²) in [7, 11) is 0. The van der Waals surface area contributed by atoms with Gasteiger partial charge in [-0.2, -0.15) is 0 Å². The Bertz CT molecular complexity index is 841. The summed E-state index contributed by atoms with van der Waals surface area (Å²) in [5.74, 6) is -0.410. The molecule has 1 aromatic heterocycles. The molecular formula is C12H9FN4O. The van der Waals surface area contributed by atoms with Gasteiger partial charge in [0.2, 0.25) is 5.95 Å².